The van der Waals surface area contributed by atoms with Crippen LogP contribution in [-0.4, -0.2) is 56.5 Å². The van der Waals surface area contributed by atoms with Crippen molar-refractivity contribution in [1.82, 2.24) is 24.4 Å². The summed E-state index contributed by atoms with van der Waals surface area (Å²) in [6.45, 7) is 4.50. The first kappa shape index (κ1) is 18.8. The van der Waals surface area contributed by atoms with Crippen molar-refractivity contribution in [2.75, 3.05) is 31.1 Å². The molecular weight excluding hydrogens is 368 g/mol. The zero-order chi connectivity index (χ0) is 20.2. The maximum Gasteiger partial charge on any atom is 0.254 e. The van der Waals surface area contributed by atoms with E-state index in [0.29, 0.717) is 31.9 Å². The van der Waals surface area contributed by atoms with Crippen LogP contribution in [0.3, 0.4) is 0 Å². The van der Waals surface area contributed by atoms with Crippen molar-refractivity contribution in [2.24, 2.45) is 0 Å². The molecule has 0 N–H and O–H groups in total. The Balaban J connectivity index is 1.38. The van der Waals surface area contributed by atoms with E-state index in [4.69, 9.17) is 0 Å². The molecule has 1 aliphatic heterocycles. The van der Waals surface area contributed by atoms with Gasteiger partial charge in [0.25, 0.3) is 5.56 Å². The monoisotopic (exact) mass is 390 g/mol. The Bertz CT molecular complexity index is 1060. The lowest BCUT2D eigenvalue weighted by molar-refractivity contribution is -0.132. The molecule has 1 aliphatic rings. The van der Waals surface area contributed by atoms with Gasteiger partial charge < -0.3 is 9.80 Å². The van der Waals surface area contributed by atoms with E-state index >= 15 is 0 Å². The van der Waals surface area contributed by atoms with E-state index in [2.05, 4.69) is 19.9 Å². The SMILES string of the molecule is Cc1cc(N2CCN(C(=O)Cn3cnc(-c4ccccc4)cc3=O)CC2)ncn1. The van der Waals surface area contributed by atoms with Gasteiger partial charge in [-0.25, -0.2) is 15.0 Å². The minimum Gasteiger partial charge on any atom is -0.353 e. The Labute approximate surface area is 168 Å². The molecule has 8 heteroatoms. The predicted octanol–water partition coefficient (Wildman–Crippen LogP) is 1.36. The number of hydrogen-bond acceptors (Lipinski definition) is 6. The van der Waals surface area contributed by atoms with Crippen LogP contribution in [0.5, 0.6) is 0 Å². The maximum absolute atomic E-state index is 12.7. The van der Waals surface area contributed by atoms with Gasteiger partial charge in [-0.15, -0.1) is 0 Å². The molecule has 0 unspecified atom stereocenters. The van der Waals surface area contributed by atoms with E-state index in [1.807, 2.05) is 43.3 Å². The fourth-order valence-electron chi connectivity index (χ4n) is 3.36. The summed E-state index contributed by atoms with van der Waals surface area (Å²) in [7, 11) is 0. The topological polar surface area (TPSA) is 84.2 Å². The van der Waals surface area contributed by atoms with Crippen LogP contribution < -0.4 is 10.5 Å². The van der Waals surface area contributed by atoms with E-state index in [9.17, 15) is 9.59 Å². The lowest BCUT2D eigenvalue weighted by atomic mass is 10.1. The fraction of sp³-hybridized carbons (Fsp3) is 0.286. The summed E-state index contributed by atoms with van der Waals surface area (Å²) >= 11 is 0. The van der Waals surface area contributed by atoms with Crippen LogP contribution in [0, 0.1) is 6.92 Å². The standard InChI is InChI=1S/C21H22N6O2/c1-16-11-19(23-14-22-16)25-7-9-26(10-8-25)21(29)13-27-15-24-18(12-20(27)28)17-5-3-2-4-6-17/h2-6,11-12,14-15H,7-10,13H2,1H3. The first-order valence-corrected chi connectivity index (χ1v) is 9.53. The molecule has 0 radical (unpaired) electrons. The molecule has 4 rings (SSSR count). The van der Waals surface area contributed by atoms with Gasteiger partial charge in [-0.2, -0.15) is 0 Å². The number of piperazine rings is 1. The largest absolute Gasteiger partial charge is 0.353 e. The van der Waals surface area contributed by atoms with Gasteiger partial charge >= 0.3 is 0 Å². The third-order valence-electron chi connectivity index (χ3n) is 5.00. The molecular formula is C21H22N6O2. The Morgan fingerprint density at radius 3 is 2.45 bits per heavy atom. The number of aryl methyl sites for hydroxylation is 1. The van der Waals surface area contributed by atoms with Crippen LogP contribution in [0.25, 0.3) is 11.3 Å². The average molecular weight is 390 g/mol. The van der Waals surface area contributed by atoms with Crippen molar-refractivity contribution >= 4 is 11.7 Å². The number of aromatic nitrogens is 4. The summed E-state index contributed by atoms with van der Waals surface area (Å²) in [6, 6.07) is 12.9. The maximum atomic E-state index is 12.7. The van der Waals surface area contributed by atoms with E-state index in [1.165, 1.54) is 17.0 Å². The molecule has 3 heterocycles. The highest BCUT2D eigenvalue weighted by molar-refractivity contribution is 5.76. The number of carbonyl (C=O) groups is 1. The molecule has 0 bridgehead atoms. The van der Waals surface area contributed by atoms with Gasteiger partial charge in [0.1, 0.15) is 18.7 Å². The van der Waals surface area contributed by atoms with Gasteiger partial charge in [0.2, 0.25) is 5.91 Å². The van der Waals surface area contributed by atoms with Gasteiger partial charge in [-0.05, 0) is 6.92 Å². The second-order valence-corrected chi connectivity index (χ2v) is 6.99. The smallest absolute Gasteiger partial charge is 0.254 e. The zero-order valence-electron chi connectivity index (χ0n) is 16.2. The molecule has 1 aromatic carbocycles. The zero-order valence-corrected chi connectivity index (χ0v) is 16.2. The molecule has 2 aromatic heterocycles. The molecule has 0 atom stereocenters. The molecule has 3 aromatic rings. The Morgan fingerprint density at radius 1 is 1.00 bits per heavy atom. The fourth-order valence-corrected chi connectivity index (χ4v) is 3.36. The number of anilines is 1. The van der Waals surface area contributed by atoms with Gasteiger partial charge in [0.05, 0.1) is 12.0 Å². The molecule has 1 fully saturated rings. The third-order valence-corrected chi connectivity index (χ3v) is 5.00. The van der Waals surface area contributed by atoms with Crippen LogP contribution in [-0.2, 0) is 11.3 Å². The second-order valence-electron chi connectivity index (χ2n) is 6.99. The number of nitrogens with zero attached hydrogens (tertiary/aromatic N) is 6. The summed E-state index contributed by atoms with van der Waals surface area (Å²) in [5, 5.41) is 0. The van der Waals surface area contributed by atoms with E-state index < -0.39 is 0 Å². The van der Waals surface area contributed by atoms with Crippen LogP contribution in [0.15, 0.2) is 59.9 Å². The van der Waals surface area contributed by atoms with Gasteiger partial charge in [-0.1, -0.05) is 30.3 Å². The lowest BCUT2D eigenvalue weighted by Gasteiger charge is -2.35. The van der Waals surface area contributed by atoms with Crippen molar-refractivity contribution in [3.63, 3.8) is 0 Å². The predicted molar refractivity (Wildman–Crippen MR) is 109 cm³/mol. The number of rotatable bonds is 4. The Kier molecular flexibility index (Phi) is 5.33. The summed E-state index contributed by atoms with van der Waals surface area (Å²) in [6.07, 6.45) is 3.00. The lowest BCUT2D eigenvalue weighted by Crippen LogP contribution is -2.50. The van der Waals surface area contributed by atoms with Crippen LogP contribution >= 0.6 is 0 Å². The van der Waals surface area contributed by atoms with Crippen molar-refractivity contribution < 1.29 is 4.79 Å². The van der Waals surface area contributed by atoms with Crippen molar-refractivity contribution in [2.45, 2.75) is 13.5 Å². The first-order valence-electron chi connectivity index (χ1n) is 9.53. The number of amides is 1. The summed E-state index contributed by atoms with van der Waals surface area (Å²) in [4.78, 5) is 41.8. The van der Waals surface area contributed by atoms with Crippen LogP contribution in [0.4, 0.5) is 5.82 Å². The van der Waals surface area contributed by atoms with E-state index in [0.717, 1.165) is 17.1 Å². The molecule has 0 aliphatic carbocycles. The normalized spacial score (nSPS) is 14.1. The minimum atomic E-state index is -0.234. The number of hydrogen-bond donors (Lipinski definition) is 0. The van der Waals surface area contributed by atoms with Gasteiger partial charge in [-0.3, -0.25) is 14.2 Å². The number of carbonyl (C=O) groups excluding carboxylic acids is 1. The second kappa shape index (κ2) is 8.22. The molecule has 29 heavy (non-hydrogen) atoms. The van der Waals surface area contributed by atoms with E-state index in [1.54, 1.807) is 11.2 Å². The van der Waals surface area contributed by atoms with E-state index in [-0.39, 0.29) is 18.0 Å². The molecule has 1 saturated heterocycles. The number of benzene rings is 1. The van der Waals surface area contributed by atoms with Crippen LogP contribution in [0.1, 0.15) is 5.69 Å². The van der Waals surface area contributed by atoms with Crippen LogP contribution in [0.2, 0.25) is 0 Å². The van der Waals surface area contributed by atoms with Crippen molar-refractivity contribution in [3.05, 3.63) is 71.2 Å². The Hall–Kier alpha value is -3.55. The highest BCUT2D eigenvalue weighted by Gasteiger charge is 2.22. The highest BCUT2D eigenvalue weighted by atomic mass is 16.2. The molecule has 148 valence electrons. The summed E-state index contributed by atoms with van der Waals surface area (Å²) < 4.78 is 1.36. The first-order chi connectivity index (χ1) is 14.1. The van der Waals surface area contributed by atoms with Gasteiger partial charge in [0, 0.05) is 49.6 Å². The average Bonchev–Trinajstić information content (AvgIpc) is 2.76. The Morgan fingerprint density at radius 2 is 1.76 bits per heavy atom. The summed E-state index contributed by atoms with van der Waals surface area (Å²) in [5.41, 5.74) is 2.16. The minimum absolute atomic E-state index is 0.00643. The molecule has 1 amide bonds. The van der Waals surface area contributed by atoms with Crippen molar-refractivity contribution in [1.29, 1.82) is 0 Å². The van der Waals surface area contributed by atoms with Gasteiger partial charge in [0.15, 0.2) is 0 Å². The quantitative estimate of drug-likeness (QED) is 0.669. The van der Waals surface area contributed by atoms with Crippen molar-refractivity contribution in [3.8, 4) is 11.3 Å². The highest BCUT2D eigenvalue weighted by Crippen LogP contribution is 2.15. The molecule has 0 spiro atoms. The third kappa shape index (κ3) is 4.31. The summed E-state index contributed by atoms with van der Waals surface area (Å²) in [5.74, 6) is 0.793. The molecule has 8 nitrogen and oxygen atoms in total. The molecule has 0 saturated carbocycles.